The second-order valence-corrected chi connectivity index (χ2v) is 6.66. The first-order chi connectivity index (χ1) is 11.7. The number of rotatable bonds is 6. The number of nitro benzene ring substituents is 1. The van der Waals surface area contributed by atoms with Crippen LogP contribution < -0.4 is 10.6 Å². The molecular formula is C16H18F3N3O3. The van der Waals surface area contributed by atoms with E-state index in [1.165, 1.54) is 6.07 Å². The van der Waals surface area contributed by atoms with Crippen molar-refractivity contribution in [3.8, 4) is 0 Å². The fourth-order valence-electron chi connectivity index (χ4n) is 3.35. The third-order valence-corrected chi connectivity index (χ3v) is 4.86. The van der Waals surface area contributed by atoms with Crippen LogP contribution in [-0.4, -0.2) is 30.3 Å². The lowest BCUT2D eigenvalue weighted by Crippen LogP contribution is -2.41. The highest BCUT2D eigenvalue weighted by molar-refractivity contribution is 5.90. The van der Waals surface area contributed by atoms with Crippen LogP contribution in [0, 0.1) is 21.4 Å². The van der Waals surface area contributed by atoms with E-state index in [1.54, 1.807) is 0 Å². The summed E-state index contributed by atoms with van der Waals surface area (Å²) < 4.78 is 39.2. The number of carbonyl (C=O) groups is 1. The summed E-state index contributed by atoms with van der Waals surface area (Å²) >= 11 is 0. The van der Waals surface area contributed by atoms with Gasteiger partial charge in [-0.05, 0) is 37.9 Å². The van der Waals surface area contributed by atoms with E-state index in [2.05, 4.69) is 10.6 Å². The second kappa shape index (κ2) is 6.29. The zero-order valence-electron chi connectivity index (χ0n) is 13.4. The van der Waals surface area contributed by atoms with Crippen molar-refractivity contribution in [2.45, 2.75) is 25.4 Å². The number of hydrogen-bond acceptors (Lipinski definition) is 5. The van der Waals surface area contributed by atoms with E-state index in [0.717, 1.165) is 18.9 Å². The Morgan fingerprint density at radius 2 is 2.12 bits per heavy atom. The van der Waals surface area contributed by atoms with Crippen LogP contribution in [0.25, 0.3) is 0 Å². The minimum absolute atomic E-state index is 0.0122. The van der Waals surface area contributed by atoms with Crippen LogP contribution in [0.1, 0.15) is 24.8 Å². The van der Waals surface area contributed by atoms with Crippen LogP contribution in [0.2, 0.25) is 0 Å². The number of halogens is 3. The molecule has 25 heavy (non-hydrogen) atoms. The van der Waals surface area contributed by atoms with Gasteiger partial charge in [0, 0.05) is 19.0 Å². The monoisotopic (exact) mass is 357 g/mol. The lowest BCUT2D eigenvalue weighted by Gasteiger charge is -2.27. The third-order valence-electron chi connectivity index (χ3n) is 4.86. The zero-order valence-corrected chi connectivity index (χ0v) is 13.4. The van der Waals surface area contributed by atoms with E-state index in [9.17, 15) is 28.1 Å². The van der Waals surface area contributed by atoms with E-state index in [-0.39, 0.29) is 23.9 Å². The van der Waals surface area contributed by atoms with Crippen molar-refractivity contribution >= 4 is 17.2 Å². The standard InChI is InChI=1S/C16H18F3N3O3/c17-16(18,19)11-2-1-3-12(13(11)22(24)25)21-9-15(6-7-20-8-15)14(23)10-4-5-10/h1-3,10,20-21H,4-9H2/t15-/m0/s1. The first kappa shape index (κ1) is 17.7. The molecule has 1 aliphatic heterocycles. The average Bonchev–Trinajstić information content (AvgIpc) is 3.29. The maximum atomic E-state index is 13.1. The summed E-state index contributed by atoms with van der Waals surface area (Å²) in [5.74, 6) is 0.109. The number of hydrogen-bond donors (Lipinski definition) is 2. The van der Waals surface area contributed by atoms with Crippen LogP contribution >= 0.6 is 0 Å². The van der Waals surface area contributed by atoms with Gasteiger partial charge in [0.15, 0.2) is 0 Å². The minimum Gasteiger partial charge on any atom is -0.378 e. The Hall–Kier alpha value is -2.16. The van der Waals surface area contributed by atoms with E-state index in [0.29, 0.717) is 25.6 Å². The molecule has 2 fully saturated rings. The molecule has 0 bridgehead atoms. The van der Waals surface area contributed by atoms with Crippen molar-refractivity contribution in [3.63, 3.8) is 0 Å². The normalized spacial score (nSPS) is 23.5. The number of ketones is 1. The highest BCUT2D eigenvalue weighted by Crippen LogP contribution is 2.42. The van der Waals surface area contributed by atoms with Gasteiger partial charge in [0.2, 0.25) is 0 Å². The molecule has 2 N–H and O–H groups in total. The molecule has 9 heteroatoms. The van der Waals surface area contributed by atoms with Crippen molar-refractivity contribution in [2.75, 3.05) is 25.0 Å². The van der Waals surface area contributed by atoms with E-state index in [4.69, 9.17) is 0 Å². The van der Waals surface area contributed by atoms with Crippen LogP contribution in [0.3, 0.4) is 0 Å². The van der Waals surface area contributed by atoms with Gasteiger partial charge in [0.1, 0.15) is 17.0 Å². The van der Waals surface area contributed by atoms with Crippen molar-refractivity contribution in [1.29, 1.82) is 0 Å². The number of Topliss-reactive ketones (excluding diaryl/α,β-unsaturated/α-hetero) is 1. The van der Waals surface area contributed by atoms with Gasteiger partial charge in [-0.15, -0.1) is 0 Å². The van der Waals surface area contributed by atoms with Crippen molar-refractivity contribution in [3.05, 3.63) is 33.9 Å². The number of nitrogens with zero attached hydrogens (tertiary/aromatic N) is 1. The number of nitro groups is 1. The highest BCUT2D eigenvalue weighted by atomic mass is 19.4. The molecule has 1 aromatic carbocycles. The molecule has 1 heterocycles. The van der Waals surface area contributed by atoms with E-state index in [1.807, 2.05) is 0 Å². The maximum Gasteiger partial charge on any atom is 0.423 e. The molecular weight excluding hydrogens is 339 g/mol. The molecule has 1 saturated carbocycles. The smallest absolute Gasteiger partial charge is 0.378 e. The van der Waals surface area contributed by atoms with Crippen LogP contribution in [0.15, 0.2) is 18.2 Å². The Kier molecular flexibility index (Phi) is 4.44. The molecule has 1 aromatic rings. The minimum atomic E-state index is -4.82. The van der Waals surface area contributed by atoms with Gasteiger partial charge in [-0.3, -0.25) is 14.9 Å². The third kappa shape index (κ3) is 3.46. The fourth-order valence-corrected chi connectivity index (χ4v) is 3.35. The molecule has 136 valence electrons. The SMILES string of the molecule is O=C(C1CC1)[C@@]1(CNc2cccc(C(F)(F)F)c2[N+](=O)[O-])CCNC1. The predicted molar refractivity (Wildman–Crippen MR) is 84.2 cm³/mol. The summed E-state index contributed by atoms with van der Waals surface area (Å²) in [5.41, 5.74) is -3.23. The maximum absolute atomic E-state index is 13.1. The topological polar surface area (TPSA) is 84.3 Å². The fraction of sp³-hybridized carbons (Fsp3) is 0.562. The molecule has 0 radical (unpaired) electrons. The Morgan fingerprint density at radius 3 is 2.64 bits per heavy atom. The number of nitrogens with one attached hydrogen (secondary N) is 2. The Labute approximate surface area is 141 Å². The highest BCUT2D eigenvalue weighted by Gasteiger charge is 2.47. The molecule has 0 aromatic heterocycles. The summed E-state index contributed by atoms with van der Waals surface area (Å²) in [5, 5.41) is 17.1. The average molecular weight is 357 g/mol. The summed E-state index contributed by atoms with van der Waals surface area (Å²) in [7, 11) is 0. The number of alkyl halides is 3. The van der Waals surface area contributed by atoms with Gasteiger partial charge >= 0.3 is 11.9 Å². The van der Waals surface area contributed by atoms with Gasteiger partial charge in [-0.25, -0.2) is 0 Å². The molecule has 0 amide bonds. The zero-order chi connectivity index (χ0) is 18.2. The van der Waals surface area contributed by atoms with Crippen LogP contribution in [0.4, 0.5) is 24.5 Å². The lowest BCUT2D eigenvalue weighted by atomic mass is 9.80. The first-order valence-corrected chi connectivity index (χ1v) is 8.08. The van der Waals surface area contributed by atoms with Gasteiger partial charge in [-0.2, -0.15) is 13.2 Å². The Balaban J connectivity index is 1.87. The molecule has 1 aliphatic carbocycles. The molecule has 6 nitrogen and oxygen atoms in total. The molecule has 3 rings (SSSR count). The van der Waals surface area contributed by atoms with Crippen LogP contribution in [0.5, 0.6) is 0 Å². The number of carbonyl (C=O) groups excluding carboxylic acids is 1. The molecule has 2 aliphatic rings. The number of para-hydroxylation sites is 1. The Morgan fingerprint density at radius 1 is 1.40 bits per heavy atom. The summed E-state index contributed by atoms with van der Waals surface area (Å²) in [6, 6.07) is 3.05. The lowest BCUT2D eigenvalue weighted by molar-refractivity contribution is -0.387. The molecule has 1 saturated heterocycles. The number of benzene rings is 1. The van der Waals surface area contributed by atoms with Gasteiger partial charge in [-0.1, -0.05) is 6.07 Å². The quantitative estimate of drug-likeness (QED) is 0.604. The molecule has 1 atom stereocenters. The molecule has 0 spiro atoms. The second-order valence-electron chi connectivity index (χ2n) is 6.66. The summed E-state index contributed by atoms with van der Waals surface area (Å²) in [6.07, 6.45) is -2.58. The van der Waals surface area contributed by atoms with E-state index < -0.39 is 27.8 Å². The Bertz CT molecular complexity index is 696. The van der Waals surface area contributed by atoms with E-state index >= 15 is 0 Å². The largest absolute Gasteiger partial charge is 0.423 e. The molecule has 0 unspecified atom stereocenters. The summed E-state index contributed by atoms with van der Waals surface area (Å²) in [4.78, 5) is 22.8. The van der Waals surface area contributed by atoms with Gasteiger partial charge in [0.25, 0.3) is 0 Å². The predicted octanol–water partition coefficient (Wildman–Crippen LogP) is 2.98. The number of anilines is 1. The first-order valence-electron chi connectivity index (χ1n) is 8.08. The summed E-state index contributed by atoms with van der Waals surface area (Å²) in [6.45, 7) is 1.16. The van der Waals surface area contributed by atoms with Crippen molar-refractivity contribution < 1.29 is 22.9 Å². The van der Waals surface area contributed by atoms with Crippen LogP contribution in [-0.2, 0) is 11.0 Å². The van der Waals surface area contributed by atoms with Crippen molar-refractivity contribution in [2.24, 2.45) is 11.3 Å². The van der Waals surface area contributed by atoms with Crippen molar-refractivity contribution in [1.82, 2.24) is 5.32 Å². The van der Waals surface area contributed by atoms with Gasteiger partial charge < -0.3 is 10.6 Å². The van der Waals surface area contributed by atoms with Gasteiger partial charge in [0.05, 0.1) is 10.3 Å².